The molecule has 13 heteroatoms. The number of aromatic hydroxyl groups is 1. The second kappa shape index (κ2) is 19.9. The van der Waals surface area contributed by atoms with Gasteiger partial charge in [-0.15, -0.1) is 10.2 Å². The number of hydrogen-bond acceptors (Lipinski definition) is 10. The number of nitrogens with zero attached hydrogens (tertiary/aromatic N) is 2. The van der Waals surface area contributed by atoms with E-state index in [0.29, 0.717) is 11.4 Å². The minimum absolute atomic E-state index is 0.00766. The predicted octanol–water partition coefficient (Wildman–Crippen LogP) is 8.16. The fourth-order valence-electron chi connectivity index (χ4n) is 4.24. The number of carbonyl (C=O) groups is 2. The number of hydrogen-bond donors (Lipinski definition) is 3. The number of carbonyl (C=O) groups excluding carboxylic acids is 2. The van der Waals surface area contributed by atoms with Gasteiger partial charge in [0, 0.05) is 12.6 Å². The number of azo groups is 1. The second-order valence-electron chi connectivity index (χ2n) is 10.5. The number of anilines is 1. The number of ether oxygens (including phenoxy) is 2. The van der Waals surface area contributed by atoms with Gasteiger partial charge in [-0.1, -0.05) is 82.4 Å². The molecule has 0 aromatic heterocycles. The molecule has 1 atom stereocenters. The third kappa shape index (κ3) is 14.5. The third-order valence-electron chi connectivity index (χ3n) is 6.70. The van der Waals surface area contributed by atoms with Gasteiger partial charge in [-0.3, -0.25) is 4.55 Å². The first-order valence-electron chi connectivity index (χ1n) is 15.1. The summed E-state index contributed by atoms with van der Waals surface area (Å²) in [5.74, 6) is -1.93. The molecule has 0 heterocycles. The summed E-state index contributed by atoms with van der Waals surface area (Å²) < 4.78 is 41.3. The molecule has 0 saturated heterocycles. The first-order valence-corrected chi connectivity index (χ1v) is 17.1. The Morgan fingerprint density at radius 2 is 1.57 bits per heavy atom. The van der Waals surface area contributed by atoms with Crippen molar-refractivity contribution in [2.24, 2.45) is 10.2 Å². The summed E-state index contributed by atoms with van der Waals surface area (Å²) in [6, 6.07) is 8.77. The molecule has 11 nitrogen and oxygen atoms in total. The van der Waals surface area contributed by atoms with Crippen LogP contribution < -0.4 is 5.32 Å². The van der Waals surface area contributed by atoms with E-state index in [1.807, 2.05) is 0 Å². The van der Waals surface area contributed by atoms with Crippen LogP contribution in [0.2, 0.25) is 5.02 Å². The van der Waals surface area contributed by atoms with E-state index in [0.717, 1.165) is 19.3 Å². The zero-order chi connectivity index (χ0) is 32.4. The van der Waals surface area contributed by atoms with Crippen LogP contribution in [0.25, 0.3) is 0 Å². The average Bonchev–Trinajstić information content (AvgIpc) is 2.97. The smallest absolute Gasteiger partial charge is 0.347 e. The van der Waals surface area contributed by atoms with E-state index in [1.165, 1.54) is 88.3 Å². The van der Waals surface area contributed by atoms with Crippen LogP contribution in [0, 0.1) is 0 Å². The molecule has 0 aliphatic rings. The maximum Gasteiger partial charge on any atom is 0.347 e. The molecule has 0 aliphatic carbocycles. The standard InChI is InChI=1S/C31H44ClN3O8S/c1-3-4-5-6-7-8-9-10-11-12-20-42-30(37)23(2)43-31(38)25-15-13-16-27(29(25)32)35-34-26-18-17-24(36)22-28(26)33-19-14-21-44(39,40)41/h13,15-18,22-23,33,36H,3-12,14,19-21H2,1-2H3,(H,39,40,41). The molecule has 0 radical (unpaired) electrons. The van der Waals surface area contributed by atoms with Gasteiger partial charge < -0.3 is 19.9 Å². The van der Waals surface area contributed by atoms with Gasteiger partial charge >= 0.3 is 11.9 Å². The van der Waals surface area contributed by atoms with Gasteiger partial charge in [0.05, 0.1) is 28.6 Å². The van der Waals surface area contributed by atoms with Gasteiger partial charge in [0.25, 0.3) is 10.1 Å². The largest absolute Gasteiger partial charge is 0.508 e. The molecule has 0 saturated carbocycles. The van der Waals surface area contributed by atoms with Gasteiger partial charge in [-0.2, -0.15) is 8.42 Å². The topological polar surface area (TPSA) is 164 Å². The number of nitrogens with one attached hydrogen (secondary N) is 1. The summed E-state index contributed by atoms with van der Waals surface area (Å²) in [4.78, 5) is 25.1. The van der Waals surface area contributed by atoms with Crippen molar-refractivity contribution in [3.63, 3.8) is 0 Å². The van der Waals surface area contributed by atoms with Crippen LogP contribution in [0.1, 0.15) is 94.8 Å². The van der Waals surface area contributed by atoms with Crippen LogP contribution in [0.5, 0.6) is 5.75 Å². The number of benzene rings is 2. The third-order valence-corrected chi connectivity index (χ3v) is 7.90. The van der Waals surface area contributed by atoms with E-state index >= 15 is 0 Å². The molecular formula is C31H44ClN3O8S. The highest BCUT2D eigenvalue weighted by atomic mass is 35.5. The van der Waals surface area contributed by atoms with Gasteiger partial charge in [0.2, 0.25) is 0 Å². The Labute approximate surface area is 265 Å². The normalized spacial score (nSPS) is 12.3. The van der Waals surface area contributed by atoms with Crippen molar-refractivity contribution in [1.29, 1.82) is 0 Å². The molecular weight excluding hydrogens is 610 g/mol. The molecule has 44 heavy (non-hydrogen) atoms. The number of esters is 2. The van der Waals surface area contributed by atoms with Crippen molar-refractivity contribution in [2.75, 3.05) is 24.2 Å². The number of rotatable bonds is 21. The van der Waals surface area contributed by atoms with Gasteiger partial charge in [0.15, 0.2) is 6.10 Å². The van der Waals surface area contributed by atoms with Gasteiger partial charge in [-0.25, -0.2) is 9.59 Å². The van der Waals surface area contributed by atoms with Crippen LogP contribution in [0.15, 0.2) is 46.6 Å². The van der Waals surface area contributed by atoms with Crippen molar-refractivity contribution in [3.05, 3.63) is 47.0 Å². The van der Waals surface area contributed by atoms with Crippen LogP contribution in [-0.4, -0.2) is 55.0 Å². The van der Waals surface area contributed by atoms with E-state index in [-0.39, 0.29) is 41.6 Å². The minimum atomic E-state index is -4.09. The summed E-state index contributed by atoms with van der Waals surface area (Å²) >= 11 is 6.42. The zero-order valence-electron chi connectivity index (χ0n) is 25.5. The summed E-state index contributed by atoms with van der Waals surface area (Å²) in [7, 11) is -4.09. The molecule has 0 fully saturated rings. The first-order chi connectivity index (χ1) is 21.0. The quantitative estimate of drug-likeness (QED) is 0.0521. The molecule has 2 aromatic carbocycles. The lowest BCUT2D eigenvalue weighted by Crippen LogP contribution is -2.26. The predicted molar refractivity (Wildman–Crippen MR) is 171 cm³/mol. The van der Waals surface area contributed by atoms with E-state index in [1.54, 1.807) is 0 Å². The maximum atomic E-state index is 12.8. The molecule has 0 bridgehead atoms. The molecule has 0 amide bonds. The highest BCUT2D eigenvalue weighted by Crippen LogP contribution is 2.34. The molecule has 1 unspecified atom stereocenters. The highest BCUT2D eigenvalue weighted by Gasteiger charge is 2.23. The minimum Gasteiger partial charge on any atom is -0.508 e. The van der Waals surface area contributed by atoms with Crippen molar-refractivity contribution in [1.82, 2.24) is 0 Å². The molecule has 0 spiro atoms. The molecule has 0 aliphatic heterocycles. The van der Waals surface area contributed by atoms with Crippen molar-refractivity contribution < 1.29 is 37.1 Å². The molecule has 2 aromatic rings. The Kier molecular flexibility index (Phi) is 16.8. The first kappa shape index (κ1) is 37.0. The summed E-state index contributed by atoms with van der Waals surface area (Å²) in [5.41, 5.74) is 0.813. The summed E-state index contributed by atoms with van der Waals surface area (Å²) in [6.45, 7) is 4.09. The lowest BCUT2D eigenvalue weighted by Gasteiger charge is -2.14. The lowest BCUT2D eigenvalue weighted by molar-refractivity contribution is -0.153. The zero-order valence-corrected chi connectivity index (χ0v) is 27.0. The van der Waals surface area contributed by atoms with E-state index in [4.69, 9.17) is 25.6 Å². The highest BCUT2D eigenvalue weighted by molar-refractivity contribution is 7.85. The van der Waals surface area contributed by atoms with Crippen molar-refractivity contribution in [2.45, 2.75) is 90.6 Å². The van der Waals surface area contributed by atoms with Crippen molar-refractivity contribution in [3.8, 4) is 5.75 Å². The van der Waals surface area contributed by atoms with E-state index < -0.39 is 33.9 Å². The van der Waals surface area contributed by atoms with Crippen LogP contribution in [-0.2, 0) is 24.4 Å². The van der Waals surface area contributed by atoms with E-state index in [2.05, 4.69) is 22.5 Å². The van der Waals surface area contributed by atoms with Crippen molar-refractivity contribution >= 4 is 50.7 Å². The average molecular weight is 654 g/mol. The van der Waals surface area contributed by atoms with Gasteiger partial charge in [0.1, 0.15) is 17.1 Å². The number of unbranched alkanes of at least 4 members (excludes halogenated alkanes) is 9. The Balaban J connectivity index is 1.86. The number of phenolic OH excluding ortho intramolecular Hbond substituents is 1. The molecule has 2 rings (SSSR count). The summed E-state index contributed by atoms with van der Waals surface area (Å²) in [5, 5.41) is 21.0. The summed E-state index contributed by atoms with van der Waals surface area (Å²) in [6.07, 6.45) is 10.7. The maximum absolute atomic E-state index is 12.8. The molecule has 3 N–H and O–H groups in total. The number of phenols is 1. The monoisotopic (exact) mass is 653 g/mol. The second-order valence-corrected chi connectivity index (χ2v) is 12.5. The molecule has 244 valence electrons. The Morgan fingerprint density at radius 3 is 2.23 bits per heavy atom. The van der Waals surface area contributed by atoms with Crippen LogP contribution >= 0.6 is 11.6 Å². The fraction of sp³-hybridized carbons (Fsp3) is 0.548. The number of halogens is 1. The van der Waals surface area contributed by atoms with Crippen LogP contribution in [0.4, 0.5) is 17.1 Å². The van der Waals surface area contributed by atoms with Crippen LogP contribution in [0.3, 0.4) is 0 Å². The van der Waals surface area contributed by atoms with E-state index in [9.17, 15) is 23.1 Å². The SMILES string of the molecule is CCCCCCCCCCCCOC(=O)C(C)OC(=O)c1cccc(N=Nc2ccc(O)cc2NCCCS(=O)(=O)O)c1Cl. The van der Waals surface area contributed by atoms with Gasteiger partial charge in [-0.05, 0) is 44.0 Å². The Hall–Kier alpha value is -3.22. The fourth-order valence-corrected chi connectivity index (χ4v) is 4.99. The Bertz CT molecular complexity index is 1340. The lowest BCUT2D eigenvalue weighted by atomic mass is 10.1. The Morgan fingerprint density at radius 1 is 0.932 bits per heavy atom.